The van der Waals surface area contributed by atoms with Gasteiger partial charge in [-0.1, -0.05) is 0 Å². The lowest BCUT2D eigenvalue weighted by atomic mass is 10.2. The number of amides is 2. The van der Waals surface area contributed by atoms with Gasteiger partial charge in [-0.2, -0.15) is 0 Å². The first-order valence-electron chi connectivity index (χ1n) is 8.88. The molecule has 154 valence electrons. The number of ether oxygens (including phenoxy) is 1. The summed E-state index contributed by atoms with van der Waals surface area (Å²) in [7, 11) is 1.60. The van der Waals surface area contributed by atoms with Gasteiger partial charge >= 0.3 is 0 Å². The van der Waals surface area contributed by atoms with E-state index in [1.165, 1.54) is 35.6 Å². The maximum Gasteiger partial charge on any atom is 0.269 e. The summed E-state index contributed by atoms with van der Waals surface area (Å²) in [4.78, 5) is 38.6. The van der Waals surface area contributed by atoms with Crippen LogP contribution in [0.3, 0.4) is 0 Å². The summed E-state index contributed by atoms with van der Waals surface area (Å²) in [5.74, 6) is 0.0571. The number of benzene rings is 2. The van der Waals surface area contributed by atoms with Gasteiger partial charge in [0.15, 0.2) is 5.13 Å². The van der Waals surface area contributed by atoms with Gasteiger partial charge in [-0.05, 0) is 36.4 Å². The number of nitrogens with zero attached hydrogens (tertiary/aromatic N) is 2. The topological polar surface area (TPSA) is 123 Å². The van der Waals surface area contributed by atoms with Crippen LogP contribution in [0.15, 0.2) is 53.9 Å². The van der Waals surface area contributed by atoms with E-state index in [4.69, 9.17) is 4.74 Å². The Morgan fingerprint density at radius 1 is 1.13 bits per heavy atom. The van der Waals surface area contributed by atoms with Crippen molar-refractivity contribution >= 4 is 34.0 Å². The fourth-order valence-corrected chi connectivity index (χ4v) is 3.27. The van der Waals surface area contributed by atoms with Gasteiger partial charge in [-0.25, -0.2) is 4.98 Å². The van der Waals surface area contributed by atoms with Crippen LogP contribution in [0.1, 0.15) is 16.8 Å². The molecule has 2 aromatic carbocycles. The number of nitrogens with one attached hydrogen (secondary N) is 2. The first kappa shape index (κ1) is 20.9. The molecule has 9 nitrogen and oxygen atoms in total. The molecule has 0 aliphatic carbocycles. The molecule has 1 aromatic heterocycles. The number of carbonyl (C=O) groups excluding carboxylic acids is 2. The largest absolute Gasteiger partial charge is 0.497 e. The third-order valence-corrected chi connectivity index (χ3v) is 4.87. The average Bonchev–Trinajstić information content (AvgIpc) is 3.22. The third kappa shape index (κ3) is 5.39. The molecule has 0 radical (unpaired) electrons. The van der Waals surface area contributed by atoms with Gasteiger partial charge in [-0.3, -0.25) is 19.7 Å². The molecule has 0 fully saturated rings. The minimum atomic E-state index is -0.537. The Balaban J connectivity index is 1.47. The third-order valence-electron chi connectivity index (χ3n) is 4.11. The first-order valence-corrected chi connectivity index (χ1v) is 9.76. The highest BCUT2D eigenvalue weighted by Gasteiger charge is 2.11. The van der Waals surface area contributed by atoms with Crippen molar-refractivity contribution in [3.8, 4) is 17.0 Å². The quantitative estimate of drug-likeness (QED) is 0.420. The second kappa shape index (κ2) is 9.61. The Labute approximate surface area is 175 Å². The zero-order chi connectivity index (χ0) is 21.5. The summed E-state index contributed by atoms with van der Waals surface area (Å²) in [6.45, 7) is 0.123. The monoisotopic (exact) mass is 426 g/mol. The minimum Gasteiger partial charge on any atom is -0.497 e. The van der Waals surface area contributed by atoms with Gasteiger partial charge in [0.1, 0.15) is 5.75 Å². The van der Waals surface area contributed by atoms with Crippen LogP contribution < -0.4 is 15.4 Å². The number of hydrogen-bond donors (Lipinski definition) is 2. The van der Waals surface area contributed by atoms with E-state index in [1.54, 1.807) is 7.11 Å². The van der Waals surface area contributed by atoms with Crippen molar-refractivity contribution in [3.05, 3.63) is 69.6 Å². The number of aromatic nitrogens is 1. The molecule has 30 heavy (non-hydrogen) atoms. The molecule has 0 unspecified atom stereocenters. The Morgan fingerprint density at radius 2 is 1.83 bits per heavy atom. The molecular weight excluding hydrogens is 408 g/mol. The average molecular weight is 426 g/mol. The number of nitro benzene ring substituents is 1. The normalized spacial score (nSPS) is 10.3. The number of rotatable bonds is 8. The lowest BCUT2D eigenvalue weighted by Gasteiger charge is -2.05. The van der Waals surface area contributed by atoms with Crippen molar-refractivity contribution in [3.63, 3.8) is 0 Å². The highest BCUT2D eigenvalue weighted by atomic mass is 32.1. The molecule has 1 heterocycles. The molecule has 0 spiro atoms. The van der Waals surface area contributed by atoms with Crippen LogP contribution in [0, 0.1) is 10.1 Å². The predicted octanol–water partition coefficient (Wildman–Crippen LogP) is 3.49. The smallest absolute Gasteiger partial charge is 0.269 e. The summed E-state index contributed by atoms with van der Waals surface area (Å²) in [6.07, 6.45) is 0.0656. The highest BCUT2D eigenvalue weighted by molar-refractivity contribution is 7.14. The Kier molecular flexibility index (Phi) is 6.71. The maximum absolute atomic E-state index is 12.1. The number of carbonyl (C=O) groups is 2. The molecule has 0 bridgehead atoms. The van der Waals surface area contributed by atoms with E-state index in [1.807, 2.05) is 29.6 Å². The van der Waals surface area contributed by atoms with Crippen molar-refractivity contribution in [1.29, 1.82) is 0 Å². The molecule has 2 amide bonds. The second-order valence-corrected chi connectivity index (χ2v) is 6.98. The van der Waals surface area contributed by atoms with Crippen molar-refractivity contribution in [1.82, 2.24) is 10.3 Å². The Morgan fingerprint density at radius 3 is 2.47 bits per heavy atom. The van der Waals surface area contributed by atoms with Crippen LogP contribution in [0.4, 0.5) is 10.8 Å². The lowest BCUT2D eigenvalue weighted by Crippen LogP contribution is -2.27. The van der Waals surface area contributed by atoms with Crippen molar-refractivity contribution in [2.24, 2.45) is 0 Å². The number of anilines is 1. The van der Waals surface area contributed by atoms with Crippen LogP contribution in [0.2, 0.25) is 0 Å². The fraction of sp³-hybridized carbons (Fsp3) is 0.150. The van der Waals surface area contributed by atoms with E-state index in [-0.39, 0.29) is 30.1 Å². The van der Waals surface area contributed by atoms with Crippen molar-refractivity contribution < 1.29 is 19.2 Å². The van der Waals surface area contributed by atoms with E-state index >= 15 is 0 Å². The summed E-state index contributed by atoms with van der Waals surface area (Å²) in [5, 5.41) is 18.3. The number of methoxy groups -OCH3 is 1. The second-order valence-electron chi connectivity index (χ2n) is 6.12. The molecule has 3 rings (SSSR count). The first-order chi connectivity index (χ1) is 14.5. The zero-order valence-corrected chi connectivity index (χ0v) is 16.8. The van der Waals surface area contributed by atoms with Gasteiger partial charge in [0, 0.05) is 41.6 Å². The van der Waals surface area contributed by atoms with Crippen LogP contribution in [0.25, 0.3) is 11.3 Å². The molecule has 0 aliphatic rings. The Hall–Kier alpha value is -3.79. The molecule has 3 aromatic rings. The number of nitro groups is 1. The fourth-order valence-electron chi connectivity index (χ4n) is 2.53. The van der Waals surface area contributed by atoms with Gasteiger partial charge in [0.2, 0.25) is 5.91 Å². The number of non-ortho nitro benzene ring substituents is 1. The van der Waals surface area contributed by atoms with Crippen LogP contribution in [0.5, 0.6) is 5.75 Å². The van der Waals surface area contributed by atoms with Gasteiger partial charge in [0.25, 0.3) is 11.6 Å². The molecule has 0 aliphatic heterocycles. The lowest BCUT2D eigenvalue weighted by molar-refractivity contribution is -0.384. The van der Waals surface area contributed by atoms with E-state index in [0.29, 0.717) is 5.13 Å². The number of hydrogen-bond acceptors (Lipinski definition) is 7. The van der Waals surface area contributed by atoms with Crippen molar-refractivity contribution in [2.45, 2.75) is 6.42 Å². The highest BCUT2D eigenvalue weighted by Crippen LogP contribution is 2.26. The summed E-state index contributed by atoms with van der Waals surface area (Å²) in [6, 6.07) is 12.7. The summed E-state index contributed by atoms with van der Waals surface area (Å²) < 4.78 is 5.13. The SMILES string of the molecule is COc1ccc(-c2csc(NC(=O)CCNC(=O)c3ccc([N+](=O)[O-])cc3)n2)cc1. The maximum atomic E-state index is 12.1. The zero-order valence-electron chi connectivity index (χ0n) is 16.0. The number of thiazole rings is 1. The molecule has 10 heteroatoms. The Bertz CT molecular complexity index is 1050. The van der Waals surface area contributed by atoms with E-state index in [2.05, 4.69) is 15.6 Å². The van der Waals surface area contributed by atoms with Crippen LogP contribution in [-0.2, 0) is 4.79 Å². The molecule has 0 saturated heterocycles. The van der Waals surface area contributed by atoms with Gasteiger partial charge in [-0.15, -0.1) is 11.3 Å². The van der Waals surface area contributed by atoms with Gasteiger partial charge < -0.3 is 15.4 Å². The van der Waals surface area contributed by atoms with Crippen molar-refractivity contribution in [2.75, 3.05) is 19.0 Å². The molecule has 2 N–H and O–H groups in total. The minimum absolute atomic E-state index is 0.0656. The van der Waals surface area contributed by atoms with E-state index in [9.17, 15) is 19.7 Å². The molecular formula is C20H18N4O5S. The van der Waals surface area contributed by atoms with Crippen LogP contribution >= 0.6 is 11.3 Å². The predicted molar refractivity (Wildman–Crippen MR) is 113 cm³/mol. The van der Waals surface area contributed by atoms with E-state index in [0.717, 1.165) is 17.0 Å². The molecule has 0 atom stereocenters. The standard InChI is InChI=1S/C20H18N4O5S/c1-29-16-8-4-13(5-9-16)17-12-30-20(22-17)23-18(25)10-11-21-19(26)14-2-6-15(7-3-14)24(27)28/h2-9,12H,10-11H2,1H3,(H,21,26)(H,22,23,25). The summed E-state index contributed by atoms with van der Waals surface area (Å²) in [5.41, 5.74) is 1.83. The molecule has 0 saturated carbocycles. The van der Waals surface area contributed by atoms with Gasteiger partial charge in [0.05, 0.1) is 17.7 Å². The van der Waals surface area contributed by atoms with E-state index < -0.39 is 10.8 Å². The van der Waals surface area contributed by atoms with Crippen LogP contribution in [-0.4, -0.2) is 35.4 Å². The summed E-state index contributed by atoms with van der Waals surface area (Å²) >= 11 is 1.31.